The number of guanidine groups is 1. The number of anilines is 1. The lowest BCUT2D eigenvalue weighted by Crippen LogP contribution is -2.42. The summed E-state index contributed by atoms with van der Waals surface area (Å²) in [5.41, 5.74) is 2.54. The predicted molar refractivity (Wildman–Crippen MR) is 117 cm³/mol. The van der Waals surface area contributed by atoms with E-state index < -0.39 is 0 Å². The molecule has 7 nitrogen and oxygen atoms in total. The minimum absolute atomic E-state index is 0.508. The van der Waals surface area contributed by atoms with E-state index in [0.717, 1.165) is 56.6 Å². The summed E-state index contributed by atoms with van der Waals surface area (Å²) in [6.45, 7) is 12.6. The smallest absolute Gasteiger partial charge is 0.191 e. The fraction of sp³-hybridized carbons (Fsp3) is 0.571. The fourth-order valence-electron chi connectivity index (χ4n) is 2.90. The quantitative estimate of drug-likeness (QED) is 0.374. The number of rotatable bonds is 10. The molecule has 1 heterocycles. The van der Waals surface area contributed by atoms with Gasteiger partial charge in [0.25, 0.3) is 0 Å². The van der Waals surface area contributed by atoms with Crippen LogP contribution < -0.4 is 15.5 Å². The van der Waals surface area contributed by atoms with Crippen molar-refractivity contribution in [2.45, 2.75) is 47.1 Å². The van der Waals surface area contributed by atoms with Crippen molar-refractivity contribution in [1.82, 2.24) is 25.4 Å². The molecule has 0 fully saturated rings. The van der Waals surface area contributed by atoms with Crippen LogP contribution in [0.4, 0.5) is 5.69 Å². The van der Waals surface area contributed by atoms with Gasteiger partial charge in [0.2, 0.25) is 0 Å². The molecular formula is C21H35N7. The number of hydrogen-bond acceptors (Lipinski definition) is 4. The molecule has 28 heavy (non-hydrogen) atoms. The maximum absolute atomic E-state index is 4.70. The van der Waals surface area contributed by atoms with Crippen molar-refractivity contribution in [2.75, 3.05) is 31.1 Å². The van der Waals surface area contributed by atoms with Gasteiger partial charge in [0.15, 0.2) is 11.8 Å². The number of unbranched alkanes of at least 4 members (excludes halogenated alkanes) is 1. The van der Waals surface area contributed by atoms with Crippen LogP contribution in [0.5, 0.6) is 0 Å². The largest absolute Gasteiger partial charge is 0.370 e. The lowest BCUT2D eigenvalue weighted by molar-refractivity contribution is 0.705. The zero-order valence-electron chi connectivity index (χ0n) is 18.0. The van der Waals surface area contributed by atoms with E-state index in [-0.39, 0.29) is 0 Å². The average Bonchev–Trinajstić information content (AvgIpc) is 3.01. The Labute approximate surface area is 169 Å². The van der Waals surface area contributed by atoms with Crippen LogP contribution in [0.15, 0.2) is 29.3 Å². The number of aryl methyl sites for hydroxylation is 2. The van der Waals surface area contributed by atoms with E-state index in [1.54, 1.807) is 0 Å². The summed E-state index contributed by atoms with van der Waals surface area (Å²) in [7, 11) is 1.97. The molecule has 0 aliphatic rings. The number of benzene rings is 1. The molecule has 0 saturated heterocycles. The second-order valence-electron chi connectivity index (χ2n) is 7.01. The third kappa shape index (κ3) is 6.55. The number of nitrogens with zero attached hydrogens (tertiary/aromatic N) is 5. The molecule has 1 aromatic heterocycles. The minimum atomic E-state index is 0.508. The lowest BCUT2D eigenvalue weighted by atomic mass is 10.2. The topological polar surface area (TPSA) is 70.4 Å². The Hall–Kier alpha value is -2.57. The van der Waals surface area contributed by atoms with E-state index in [4.69, 9.17) is 4.99 Å². The van der Waals surface area contributed by atoms with Crippen LogP contribution in [-0.4, -0.2) is 46.9 Å². The van der Waals surface area contributed by atoms with Crippen molar-refractivity contribution in [1.29, 1.82) is 0 Å². The Morgan fingerprint density at radius 3 is 2.57 bits per heavy atom. The van der Waals surface area contributed by atoms with Crippen LogP contribution in [0.3, 0.4) is 0 Å². The maximum atomic E-state index is 4.70. The molecule has 2 aromatic rings. The van der Waals surface area contributed by atoms with Gasteiger partial charge in [-0.25, -0.2) is 4.99 Å². The molecule has 2 rings (SSSR count). The zero-order valence-corrected chi connectivity index (χ0v) is 18.0. The molecular weight excluding hydrogens is 350 g/mol. The number of hydrogen-bond donors (Lipinski definition) is 2. The first kappa shape index (κ1) is 21.7. The summed E-state index contributed by atoms with van der Waals surface area (Å²) in [5, 5.41) is 15.2. The van der Waals surface area contributed by atoms with Gasteiger partial charge in [-0.15, -0.1) is 10.2 Å². The van der Waals surface area contributed by atoms with Crippen molar-refractivity contribution in [3.05, 3.63) is 41.5 Å². The van der Waals surface area contributed by atoms with Gasteiger partial charge >= 0.3 is 0 Å². The molecule has 0 aliphatic carbocycles. The second-order valence-corrected chi connectivity index (χ2v) is 7.01. The molecule has 0 unspecified atom stereocenters. The average molecular weight is 386 g/mol. The van der Waals surface area contributed by atoms with Gasteiger partial charge in [-0.2, -0.15) is 0 Å². The second kappa shape index (κ2) is 11.3. The Kier molecular flexibility index (Phi) is 8.78. The van der Waals surface area contributed by atoms with Crippen molar-refractivity contribution in [3.8, 4) is 0 Å². The molecule has 0 atom stereocenters. The third-order valence-corrected chi connectivity index (χ3v) is 4.81. The Bertz CT molecular complexity index is 751. The van der Waals surface area contributed by atoms with E-state index in [1.807, 2.05) is 18.5 Å². The summed E-state index contributed by atoms with van der Waals surface area (Å²) >= 11 is 0. The molecule has 0 spiro atoms. The molecule has 0 radical (unpaired) electrons. The number of nitrogens with one attached hydrogen (secondary N) is 2. The molecule has 154 valence electrons. The maximum Gasteiger partial charge on any atom is 0.191 e. The highest BCUT2D eigenvalue weighted by Gasteiger charge is 2.07. The molecule has 0 bridgehead atoms. The summed E-state index contributed by atoms with van der Waals surface area (Å²) in [6, 6.07) is 8.64. The van der Waals surface area contributed by atoms with Gasteiger partial charge in [-0.1, -0.05) is 25.5 Å². The van der Waals surface area contributed by atoms with Crippen LogP contribution in [0, 0.1) is 13.8 Å². The molecule has 1 aromatic carbocycles. The number of aromatic nitrogens is 3. The first-order valence-corrected chi connectivity index (χ1v) is 10.2. The molecule has 0 amide bonds. The fourth-order valence-corrected chi connectivity index (χ4v) is 2.90. The predicted octanol–water partition coefficient (Wildman–Crippen LogP) is 2.79. The molecule has 0 saturated carbocycles. The van der Waals surface area contributed by atoms with E-state index in [1.165, 1.54) is 11.3 Å². The van der Waals surface area contributed by atoms with E-state index >= 15 is 0 Å². The molecule has 2 N–H and O–H groups in total. The minimum Gasteiger partial charge on any atom is -0.370 e. The number of likely N-dealkylation sites (N-methyl/N-ethyl adjacent to an activating group) is 1. The Morgan fingerprint density at radius 2 is 1.93 bits per heavy atom. The molecule has 7 heteroatoms. The van der Waals surface area contributed by atoms with E-state index in [2.05, 4.69) is 70.8 Å². The van der Waals surface area contributed by atoms with Gasteiger partial charge in [0.05, 0.1) is 0 Å². The van der Waals surface area contributed by atoms with Crippen molar-refractivity contribution in [3.63, 3.8) is 0 Å². The monoisotopic (exact) mass is 385 g/mol. The third-order valence-electron chi connectivity index (χ3n) is 4.81. The summed E-state index contributed by atoms with van der Waals surface area (Å²) in [4.78, 5) is 7.07. The van der Waals surface area contributed by atoms with Gasteiger partial charge < -0.3 is 20.1 Å². The summed E-state index contributed by atoms with van der Waals surface area (Å²) in [6.07, 6.45) is 2.27. The van der Waals surface area contributed by atoms with Crippen molar-refractivity contribution >= 4 is 11.6 Å². The van der Waals surface area contributed by atoms with Crippen molar-refractivity contribution in [2.24, 2.45) is 12.0 Å². The van der Waals surface area contributed by atoms with Crippen LogP contribution in [0.25, 0.3) is 0 Å². The highest BCUT2D eigenvalue weighted by atomic mass is 15.3. The standard InChI is InChI=1S/C21H35N7/c1-6-8-12-22-21(24-16-20-26-25-18(4)27(20)5)23-13-14-28(7-2)19-11-9-10-17(3)15-19/h9-11,15H,6-8,12-14,16H2,1-5H3,(H2,22,23,24). The molecule has 0 aliphatic heterocycles. The first-order valence-electron chi connectivity index (χ1n) is 10.2. The van der Waals surface area contributed by atoms with Crippen LogP contribution in [0.1, 0.15) is 43.9 Å². The van der Waals surface area contributed by atoms with Gasteiger partial charge in [-0.3, -0.25) is 0 Å². The highest BCUT2D eigenvalue weighted by Crippen LogP contribution is 2.14. The normalized spacial score (nSPS) is 11.5. The lowest BCUT2D eigenvalue weighted by Gasteiger charge is -2.24. The summed E-state index contributed by atoms with van der Waals surface area (Å²) < 4.78 is 1.98. The number of aliphatic imine (C=N–C) groups is 1. The van der Waals surface area contributed by atoms with E-state index in [9.17, 15) is 0 Å². The zero-order chi connectivity index (χ0) is 20.4. The van der Waals surface area contributed by atoms with Gasteiger partial charge in [0.1, 0.15) is 12.4 Å². The van der Waals surface area contributed by atoms with Crippen molar-refractivity contribution < 1.29 is 0 Å². The van der Waals surface area contributed by atoms with Gasteiger partial charge in [0, 0.05) is 38.9 Å². The Balaban J connectivity index is 1.95. The summed E-state index contributed by atoms with van der Waals surface area (Å²) in [5.74, 6) is 2.59. The van der Waals surface area contributed by atoms with Crippen LogP contribution in [-0.2, 0) is 13.6 Å². The van der Waals surface area contributed by atoms with Crippen LogP contribution >= 0.6 is 0 Å². The Morgan fingerprint density at radius 1 is 1.14 bits per heavy atom. The SMILES string of the molecule is CCCCNC(=NCc1nnc(C)n1C)NCCN(CC)c1cccc(C)c1. The van der Waals surface area contributed by atoms with E-state index in [0.29, 0.717) is 6.54 Å². The van der Waals surface area contributed by atoms with Gasteiger partial charge in [-0.05, 0) is 44.9 Å². The van der Waals surface area contributed by atoms with Crippen LogP contribution in [0.2, 0.25) is 0 Å². The first-order chi connectivity index (χ1) is 13.5. The highest BCUT2D eigenvalue weighted by molar-refractivity contribution is 5.79.